The second-order valence-corrected chi connectivity index (χ2v) is 7.04. The van der Waals surface area contributed by atoms with Crippen LogP contribution >= 0.6 is 11.3 Å². The molecule has 2 amide bonds. The van der Waals surface area contributed by atoms with Crippen LogP contribution in [0.2, 0.25) is 0 Å². The number of urea groups is 1. The minimum Gasteiger partial charge on any atom is -0.329 e. The lowest BCUT2D eigenvalue weighted by atomic mass is 9.75. The molecule has 0 saturated heterocycles. The van der Waals surface area contributed by atoms with Crippen molar-refractivity contribution in [2.75, 3.05) is 27.7 Å². The van der Waals surface area contributed by atoms with Gasteiger partial charge >= 0.3 is 6.03 Å². The normalized spacial score (nSPS) is 18.1. The van der Waals surface area contributed by atoms with Crippen molar-refractivity contribution < 1.29 is 4.79 Å². The van der Waals surface area contributed by atoms with Gasteiger partial charge in [-0.2, -0.15) is 0 Å². The van der Waals surface area contributed by atoms with Gasteiger partial charge in [0.15, 0.2) is 0 Å². The number of likely N-dealkylation sites (N-methyl/N-ethyl adjacent to an activating group) is 2. The molecule has 0 spiro atoms. The van der Waals surface area contributed by atoms with E-state index < -0.39 is 0 Å². The van der Waals surface area contributed by atoms with Gasteiger partial charge in [-0.1, -0.05) is 6.92 Å². The number of aromatic nitrogens is 1. The molecule has 1 aromatic rings. The summed E-state index contributed by atoms with van der Waals surface area (Å²) < 4.78 is 0. The van der Waals surface area contributed by atoms with E-state index in [1.54, 1.807) is 17.5 Å². The summed E-state index contributed by atoms with van der Waals surface area (Å²) in [5.74, 6) is 0. The van der Waals surface area contributed by atoms with Gasteiger partial charge < -0.3 is 15.1 Å². The van der Waals surface area contributed by atoms with Crippen molar-refractivity contribution in [3.05, 3.63) is 16.6 Å². The zero-order valence-electron chi connectivity index (χ0n) is 13.4. The van der Waals surface area contributed by atoms with Crippen LogP contribution < -0.4 is 5.32 Å². The lowest BCUT2D eigenvalue weighted by molar-refractivity contribution is 0.0360. The molecule has 0 radical (unpaired) electrons. The predicted molar refractivity (Wildman–Crippen MR) is 86.6 cm³/mol. The molecule has 1 aliphatic carbocycles. The Morgan fingerprint density at radius 1 is 1.48 bits per heavy atom. The summed E-state index contributed by atoms with van der Waals surface area (Å²) in [6, 6.07) is 0.00169. The van der Waals surface area contributed by atoms with E-state index in [0.29, 0.717) is 0 Å². The van der Waals surface area contributed by atoms with Gasteiger partial charge in [0.1, 0.15) is 5.01 Å². The first-order chi connectivity index (χ1) is 9.98. The first-order valence-corrected chi connectivity index (χ1v) is 8.45. The first kappa shape index (κ1) is 16.2. The van der Waals surface area contributed by atoms with E-state index in [-0.39, 0.29) is 17.6 Å². The Morgan fingerprint density at radius 3 is 2.62 bits per heavy atom. The molecule has 1 N–H and O–H groups in total. The average Bonchev–Trinajstić information content (AvgIpc) is 2.92. The molecule has 0 bridgehead atoms. The van der Waals surface area contributed by atoms with Crippen LogP contribution in [0.1, 0.15) is 43.7 Å². The van der Waals surface area contributed by atoms with Gasteiger partial charge in [0, 0.05) is 30.7 Å². The van der Waals surface area contributed by atoms with E-state index in [0.717, 1.165) is 18.0 Å². The van der Waals surface area contributed by atoms with Crippen LogP contribution in [0, 0.1) is 0 Å². The predicted octanol–water partition coefficient (Wildman–Crippen LogP) is 2.72. The third-order valence-corrected chi connectivity index (χ3v) is 5.46. The van der Waals surface area contributed by atoms with Crippen LogP contribution in [0.4, 0.5) is 4.79 Å². The van der Waals surface area contributed by atoms with Gasteiger partial charge in [-0.15, -0.1) is 11.3 Å². The number of nitrogens with one attached hydrogen (secondary N) is 1. The molecular formula is C15H26N4OS. The van der Waals surface area contributed by atoms with Crippen LogP contribution in [0.3, 0.4) is 0 Å². The number of rotatable bonds is 6. The van der Waals surface area contributed by atoms with E-state index in [1.807, 2.05) is 17.3 Å². The Kier molecular flexibility index (Phi) is 5.22. The Hall–Kier alpha value is -1.14. The Bertz CT molecular complexity index is 456. The van der Waals surface area contributed by atoms with E-state index in [2.05, 4.69) is 36.2 Å². The molecule has 5 nitrogen and oxygen atoms in total. The van der Waals surface area contributed by atoms with Crippen LogP contribution in [0.25, 0.3) is 0 Å². The lowest BCUT2D eigenvalue weighted by Crippen LogP contribution is -2.58. The van der Waals surface area contributed by atoms with Gasteiger partial charge in [0.05, 0.1) is 6.04 Å². The molecule has 6 heteroatoms. The van der Waals surface area contributed by atoms with Crippen LogP contribution in [-0.2, 0) is 0 Å². The van der Waals surface area contributed by atoms with Crippen molar-refractivity contribution in [3.8, 4) is 0 Å². The Labute approximate surface area is 131 Å². The molecule has 1 aromatic heterocycles. The maximum Gasteiger partial charge on any atom is 0.317 e. The monoisotopic (exact) mass is 310 g/mol. The van der Waals surface area contributed by atoms with Crippen LogP contribution in [0.15, 0.2) is 11.6 Å². The highest BCUT2D eigenvalue weighted by molar-refractivity contribution is 7.09. The lowest BCUT2D eigenvalue weighted by Gasteiger charge is -2.49. The molecule has 2 rings (SSSR count). The SMILES string of the molecule is CC[C@H](NC(=O)N(C)CC1(N(C)C)CCC1)c1nccs1. The number of carbonyl (C=O) groups is 1. The van der Waals surface area contributed by atoms with Gasteiger partial charge in [-0.3, -0.25) is 0 Å². The molecule has 1 atom stereocenters. The number of nitrogens with zero attached hydrogens (tertiary/aromatic N) is 3. The fraction of sp³-hybridized carbons (Fsp3) is 0.733. The molecule has 21 heavy (non-hydrogen) atoms. The zero-order valence-corrected chi connectivity index (χ0v) is 14.2. The topological polar surface area (TPSA) is 48.5 Å². The van der Waals surface area contributed by atoms with Gasteiger partial charge in [-0.05, 0) is 39.8 Å². The van der Waals surface area contributed by atoms with Gasteiger partial charge in [0.25, 0.3) is 0 Å². The van der Waals surface area contributed by atoms with Gasteiger partial charge in [-0.25, -0.2) is 9.78 Å². The van der Waals surface area contributed by atoms with E-state index in [9.17, 15) is 4.79 Å². The van der Waals surface area contributed by atoms with E-state index >= 15 is 0 Å². The quantitative estimate of drug-likeness (QED) is 0.879. The molecule has 0 aromatic carbocycles. The summed E-state index contributed by atoms with van der Waals surface area (Å²) in [4.78, 5) is 20.8. The largest absolute Gasteiger partial charge is 0.329 e. The third-order valence-electron chi connectivity index (χ3n) is 4.57. The second kappa shape index (κ2) is 6.75. The molecule has 118 valence electrons. The van der Waals surface area contributed by atoms with E-state index in [1.165, 1.54) is 19.3 Å². The summed E-state index contributed by atoms with van der Waals surface area (Å²) in [7, 11) is 6.10. The first-order valence-electron chi connectivity index (χ1n) is 7.57. The highest BCUT2D eigenvalue weighted by atomic mass is 32.1. The fourth-order valence-corrected chi connectivity index (χ4v) is 3.62. The van der Waals surface area contributed by atoms with E-state index in [4.69, 9.17) is 0 Å². The Morgan fingerprint density at radius 2 is 2.19 bits per heavy atom. The molecule has 0 unspecified atom stereocenters. The highest BCUT2D eigenvalue weighted by Gasteiger charge is 2.40. The standard InChI is InChI=1S/C15H26N4OS/c1-5-12(13-16-9-10-21-13)17-14(20)19(4)11-15(18(2)3)7-6-8-15/h9-10,12H,5-8,11H2,1-4H3,(H,17,20)/t12-/m0/s1. The number of hydrogen-bond donors (Lipinski definition) is 1. The minimum atomic E-state index is -0.00910. The molecule has 1 aliphatic rings. The number of hydrogen-bond acceptors (Lipinski definition) is 4. The number of thiazole rings is 1. The maximum atomic E-state index is 12.4. The van der Waals surface area contributed by atoms with Crippen molar-refractivity contribution in [1.29, 1.82) is 0 Å². The summed E-state index contributed by atoms with van der Waals surface area (Å²) in [6.07, 6.45) is 6.23. The molecule has 1 heterocycles. The smallest absolute Gasteiger partial charge is 0.317 e. The summed E-state index contributed by atoms with van der Waals surface area (Å²) in [5, 5.41) is 6.02. The van der Waals surface area contributed by atoms with Crippen molar-refractivity contribution in [2.24, 2.45) is 0 Å². The summed E-state index contributed by atoms with van der Waals surface area (Å²) >= 11 is 1.59. The number of carbonyl (C=O) groups excluding carboxylic acids is 1. The van der Waals surface area contributed by atoms with Crippen LogP contribution in [-0.4, -0.2) is 54.0 Å². The average molecular weight is 310 g/mol. The number of amides is 2. The minimum absolute atomic E-state index is 0.00910. The zero-order chi connectivity index (χ0) is 15.5. The van der Waals surface area contributed by atoms with Crippen molar-refractivity contribution >= 4 is 17.4 Å². The maximum absolute atomic E-state index is 12.4. The summed E-state index contributed by atoms with van der Waals surface area (Å²) in [6.45, 7) is 2.85. The van der Waals surface area contributed by atoms with Crippen molar-refractivity contribution in [2.45, 2.75) is 44.2 Å². The van der Waals surface area contributed by atoms with Crippen molar-refractivity contribution in [3.63, 3.8) is 0 Å². The fourth-order valence-electron chi connectivity index (χ4n) is 2.85. The van der Waals surface area contributed by atoms with Gasteiger partial charge in [0.2, 0.25) is 0 Å². The molecule has 1 fully saturated rings. The molecular weight excluding hydrogens is 284 g/mol. The third kappa shape index (κ3) is 3.55. The second-order valence-electron chi connectivity index (χ2n) is 6.11. The van der Waals surface area contributed by atoms with Crippen LogP contribution in [0.5, 0.6) is 0 Å². The molecule has 1 saturated carbocycles. The molecule has 0 aliphatic heterocycles. The summed E-state index contributed by atoms with van der Waals surface area (Å²) in [5.41, 5.74) is 0.162. The highest BCUT2D eigenvalue weighted by Crippen LogP contribution is 2.36. The van der Waals surface area contributed by atoms with Crippen molar-refractivity contribution in [1.82, 2.24) is 20.1 Å². The Balaban J connectivity index is 1.93.